The van der Waals surface area contributed by atoms with Gasteiger partial charge in [0.1, 0.15) is 23.0 Å². The summed E-state index contributed by atoms with van der Waals surface area (Å²) in [6, 6.07) is 0.556. The molecule has 1 aliphatic rings. The lowest BCUT2D eigenvalue weighted by Crippen LogP contribution is -2.50. The molecule has 2 unspecified atom stereocenters. The van der Waals surface area contributed by atoms with Crippen LogP contribution in [0.5, 0.6) is 0 Å². The van der Waals surface area contributed by atoms with E-state index in [0.29, 0.717) is 18.6 Å². The Hall–Kier alpha value is -1.56. The van der Waals surface area contributed by atoms with Crippen molar-refractivity contribution >= 4 is 5.91 Å². The van der Waals surface area contributed by atoms with E-state index >= 15 is 0 Å². The third kappa shape index (κ3) is 2.80. The Bertz CT molecular complexity index is 498. The number of nitrogens with zero attached hydrogens (tertiary/aromatic N) is 1. The van der Waals surface area contributed by atoms with Crippen LogP contribution in [0.4, 0.5) is 13.2 Å². The zero-order valence-corrected chi connectivity index (χ0v) is 11.2. The zero-order valence-electron chi connectivity index (χ0n) is 11.2. The van der Waals surface area contributed by atoms with Gasteiger partial charge in [0.25, 0.3) is 5.91 Å². The van der Waals surface area contributed by atoms with Crippen molar-refractivity contribution in [2.75, 3.05) is 7.05 Å². The molecule has 0 aliphatic heterocycles. The second kappa shape index (κ2) is 5.83. The second-order valence-electron chi connectivity index (χ2n) is 5.18. The molecule has 1 saturated carbocycles. The van der Waals surface area contributed by atoms with Crippen molar-refractivity contribution in [3.8, 4) is 0 Å². The number of likely N-dealkylation sites (N-methyl/N-ethyl adjacent to an activating group) is 1. The van der Waals surface area contributed by atoms with Gasteiger partial charge in [0.15, 0.2) is 0 Å². The molecular formula is C14H17F3N2O. The number of hydrogen-bond donors (Lipinski definition) is 1. The average molecular weight is 286 g/mol. The summed E-state index contributed by atoms with van der Waals surface area (Å²) in [4.78, 5) is 13.5. The van der Waals surface area contributed by atoms with E-state index in [2.05, 4.69) is 0 Å². The summed E-state index contributed by atoms with van der Waals surface area (Å²) in [5.74, 6) is -4.23. The fraction of sp³-hybridized carbons (Fsp3) is 0.500. The van der Waals surface area contributed by atoms with E-state index in [1.165, 1.54) is 11.9 Å². The summed E-state index contributed by atoms with van der Waals surface area (Å²) in [5.41, 5.74) is 5.22. The maximum atomic E-state index is 13.6. The van der Waals surface area contributed by atoms with Crippen molar-refractivity contribution in [1.82, 2.24) is 4.90 Å². The first-order chi connectivity index (χ1) is 9.41. The minimum atomic E-state index is -1.19. The Balaban J connectivity index is 2.27. The van der Waals surface area contributed by atoms with Crippen LogP contribution in [0.15, 0.2) is 12.1 Å². The predicted octanol–water partition coefficient (Wildman–Crippen LogP) is 2.45. The molecule has 0 bridgehead atoms. The van der Waals surface area contributed by atoms with Gasteiger partial charge in [-0.15, -0.1) is 0 Å². The molecule has 1 aromatic rings. The molecule has 1 fully saturated rings. The van der Waals surface area contributed by atoms with Crippen LogP contribution in [0.25, 0.3) is 0 Å². The van der Waals surface area contributed by atoms with E-state index in [4.69, 9.17) is 5.73 Å². The van der Waals surface area contributed by atoms with Gasteiger partial charge in [-0.05, 0) is 12.8 Å². The smallest absolute Gasteiger partial charge is 0.259 e. The average Bonchev–Trinajstić information content (AvgIpc) is 2.37. The lowest BCUT2D eigenvalue weighted by atomic mass is 9.89. The summed E-state index contributed by atoms with van der Waals surface area (Å²) in [5, 5.41) is 0. The molecule has 1 amide bonds. The van der Waals surface area contributed by atoms with Gasteiger partial charge in [-0.25, -0.2) is 13.2 Å². The molecule has 6 heteroatoms. The molecule has 20 heavy (non-hydrogen) atoms. The van der Waals surface area contributed by atoms with Crippen LogP contribution in [-0.2, 0) is 0 Å². The SMILES string of the molecule is CN(C(=O)c1c(F)cc(F)cc1F)C1CCCCC1N. The highest BCUT2D eigenvalue weighted by Crippen LogP contribution is 2.24. The Morgan fingerprint density at radius 1 is 1.20 bits per heavy atom. The number of nitrogens with two attached hydrogens (primary N) is 1. The first-order valence-electron chi connectivity index (χ1n) is 6.59. The normalized spacial score (nSPS) is 22.6. The Morgan fingerprint density at radius 3 is 2.30 bits per heavy atom. The largest absolute Gasteiger partial charge is 0.337 e. The van der Waals surface area contributed by atoms with Gasteiger partial charge in [-0.3, -0.25) is 4.79 Å². The number of rotatable bonds is 2. The number of carbonyl (C=O) groups is 1. The molecule has 2 atom stereocenters. The van der Waals surface area contributed by atoms with Crippen LogP contribution in [-0.4, -0.2) is 29.9 Å². The highest BCUT2D eigenvalue weighted by molar-refractivity contribution is 5.94. The van der Waals surface area contributed by atoms with E-state index in [9.17, 15) is 18.0 Å². The molecule has 2 N–H and O–H groups in total. The summed E-state index contributed by atoms with van der Waals surface area (Å²) in [6.07, 6.45) is 3.38. The van der Waals surface area contributed by atoms with Gasteiger partial charge >= 0.3 is 0 Å². The fourth-order valence-corrected chi connectivity index (χ4v) is 2.69. The highest BCUT2D eigenvalue weighted by atomic mass is 19.1. The van der Waals surface area contributed by atoms with Crippen LogP contribution >= 0.6 is 0 Å². The molecule has 0 heterocycles. The van der Waals surface area contributed by atoms with Crippen molar-refractivity contribution in [2.24, 2.45) is 5.73 Å². The van der Waals surface area contributed by atoms with Gasteiger partial charge in [0, 0.05) is 31.3 Å². The fourth-order valence-electron chi connectivity index (χ4n) is 2.69. The van der Waals surface area contributed by atoms with E-state index in [-0.39, 0.29) is 12.1 Å². The Kier molecular flexibility index (Phi) is 4.32. The number of carbonyl (C=O) groups excluding carboxylic acids is 1. The molecule has 3 nitrogen and oxygen atoms in total. The Morgan fingerprint density at radius 2 is 1.75 bits per heavy atom. The predicted molar refractivity (Wildman–Crippen MR) is 68.6 cm³/mol. The molecule has 0 saturated heterocycles. The van der Waals surface area contributed by atoms with E-state index in [1.54, 1.807) is 0 Å². The molecule has 0 radical (unpaired) electrons. The number of halogens is 3. The van der Waals surface area contributed by atoms with Crippen LogP contribution in [0.3, 0.4) is 0 Å². The molecule has 1 aromatic carbocycles. The van der Waals surface area contributed by atoms with Crippen LogP contribution in [0.1, 0.15) is 36.0 Å². The first-order valence-corrected chi connectivity index (χ1v) is 6.59. The van der Waals surface area contributed by atoms with Crippen molar-refractivity contribution in [2.45, 2.75) is 37.8 Å². The molecule has 1 aliphatic carbocycles. The third-order valence-corrected chi connectivity index (χ3v) is 3.82. The molecular weight excluding hydrogens is 269 g/mol. The minimum absolute atomic E-state index is 0.204. The minimum Gasteiger partial charge on any atom is -0.337 e. The molecule has 110 valence electrons. The van der Waals surface area contributed by atoms with Crippen LogP contribution in [0, 0.1) is 17.5 Å². The van der Waals surface area contributed by atoms with Crippen LogP contribution in [0.2, 0.25) is 0 Å². The number of hydrogen-bond acceptors (Lipinski definition) is 2. The van der Waals surface area contributed by atoms with Gasteiger partial charge in [-0.1, -0.05) is 12.8 Å². The summed E-state index contributed by atoms with van der Waals surface area (Å²) < 4.78 is 40.1. The first kappa shape index (κ1) is 14.8. The van der Waals surface area contributed by atoms with Gasteiger partial charge in [0.2, 0.25) is 0 Å². The van der Waals surface area contributed by atoms with Crippen molar-refractivity contribution < 1.29 is 18.0 Å². The monoisotopic (exact) mass is 286 g/mol. The Labute approximate surface area is 115 Å². The quantitative estimate of drug-likeness (QED) is 0.907. The second-order valence-corrected chi connectivity index (χ2v) is 5.18. The van der Waals surface area contributed by atoms with Gasteiger partial charge in [0.05, 0.1) is 0 Å². The van der Waals surface area contributed by atoms with E-state index < -0.39 is 28.9 Å². The molecule has 0 aromatic heterocycles. The molecule has 2 rings (SSSR count). The highest BCUT2D eigenvalue weighted by Gasteiger charge is 2.31. The van der Waals surface area contributed by atoms with Crippen molar-refractivity contribution in [3.05, 3.63) is 35.1 Å². The maximum absolute atomic E-state index is 13.6. The summed E-state index contributed by atoms with van der Waals surface area (Å²) in [6.45, 7) is 0. The van der Waals surface area contributed by atoms with Gasteiger partial charge < -0.3 is 10.6 Å². The third-order valence-electron chi connectivity index (χ3n) is 3.82. The number of amides is 1. The number of benzene rings is 1. The van der Waals surface area contributed by atoms with Gasteiger partial charge in [-0.2, -0.15) is 0 Å². The summed E-state index contributed by atoms with van der Waals surface area (Å²) >= 11 is 0. The topological polar surface area (TPSA) is 46.3 Å². The lowest BCUT2D eigenvalue weighted by Gasteiger charge is -2.36. The van der Waals surface area contributed by atoms with Crippen LogP contribution < -0.4 is 5.73 Å². The maximum Gasteiger partial charge on any atom is 0.259 e. The van der Waals surface area contributed by atoms with E-state index in [0.717, 1.165) is 19.3 Å². The molecule has 0 spiro atoms. The van der Waals surface area contributed by atoms with E-state index in [1.807, 2.05) is 0 Å². The van der Waals surface area contributed by atoms with Crippen molar-refractivity contribution in [3.63, 3.8) is 0 Å². The standard InChI is InChI=1S/C14H17F3N2O/c1-19(12-5-3-2-4-11(12)18)14(20)13-9(16)6-8(15)7-10(13)17/h6-7,11-12H,2-5,18H2,1H3. The summed E-state index contributed by atoms with van der Waals surface area (Å²) in [7, 11) is 1.47. The lowest BCUT2D eigenvalue weighted by molar-refractivity contribution is 0.0662. The van der Waals surface area contributed by atoms with Crippen molar-refractivity contribution in [1.29, 1.82) is 0 Å². The zero-order chi connectivity index (χ0) is 14.9.